The van der Waals surface area contributed by atoms with E-state index >= 15 is 0 Å². The Morgan fingerprint density at radius 3 is 1.03 bits per heavy atom. The minimum Gasteiger partial charge on any atom is -0.291 e. The van der Waals surface area contributed by atoms with Crippen LogP contribution in [0.2, 0.25) is 0 Å². The molecule has 0 spiro atoms. The first-order valence-electron chi connectivity index (χ1n) is 8.87. The van der Waals surface area contributed by atoms with Crippen molar-refractivity contribution >= 4 is 11.6 Å². The van der Waals surface area contributed by atoms with E-state index in [1.165, 1.54) is 0 Å². The summed E-state index contributed by atoms with van der Waals surface area (Å²) in [5.74, 6) is 0.110. The molecule has 0 atom stereocenters. The van der Waals surface area contributed by atoms with Crippen LogP contribution < -0.4 is 0 Å². The van der Waals surface area contributed by atoms with E-state index < -0.39 is 0 Å². The summed E-state index contributed by atoms with van der Waals surface area (Å²) in [6.45, 7) is 0. The average molecular weight is 451 g/mol. The summed E-state index contributed by atoms with van der Waals surface area (Å²) in [5, 5.41) is 0. The molecule has 139 valence electrons. The number of rotatable bonds is 4. The predicted molar refractivity (Wildman–Crippen MR) is 110 cm³/mol. The number of carbonyl (C=O) groups excluding carboxylic acids is 2. The molecular formula is C26H18O2Y-2. The third kappa shape index (κ3) is 6.71. The third-order valence-corrected chi connectivity index (χ3v) is 4.03. The van der Waals surface area contributed by atoms with Crippen LogP contribution in [-0.2, 0) is 32.7 Å². The van der Waals surface area contributed by atoms with E-state index in [0.29, 0.717) is 11.1 Å². The van der Waals surface area contributed by atoms with Gasteiger partial charge in [-0.15, -0.1) is 0 Å². The van der Waals surface area contributed by atoms with Crippen molar-refractivity contribution in [1.29, 1.82) is 0 Å². The first-order valence-corrected chi connectivity index (χ1v) is 8.87. The Balaban J connectivity index is 0.000000200. The summed E-state index contributed by atoms with van der Waals surface area (Å²) in [6.07, 6.45) is 0. The monoisotopic (exact) mass is 451 g/mol. The predicted octanol–water partition coefficient (Wildman–Crippen LogP) is 5.43. The number of hydrogen-bond acceptors (Lipinski definition) is 2. The van der Waals surface area contributed by atoms with Crippen molar-refractivity contribution in [2.75, 3.05) is 0 Å². The van der Waals surface area contributed by atoms with Gasteiger partial charge in [-0.25, -0.2) is 0 Å². The molecule has 0 unspecified atom stereocenters. The molecule has 0 aliphatic heterocycles. The summed E-state index contributed by atoms with van der Waals surface area (Å²) < 4.78 is 0. The molecular weight excluding hydrogens is 433 g/mol. The molecule has 1 radical (unpaired) electrons. The van der Waals surface area contributed by atoms with Gasteiger partial charge in [-0.1, -0.05) is 71.8 Å². The zero-order chi connectivity index (χ0) is 19.6. The summed E-state index contributed by atoms with van der Waals surface area (Å²) in [4.78, 5) is 23.7. The van der Waals surface area contributed by atoms with Gasteiger partial charge in [0, 0.05) is 43.8 Å². The van der Waals surface area contributed by atoms with Crippen LogP contribution in [0.5, 0.6) is 0 Å². The largest absolute Gasteiger partial charge is 0.291 e. The summed E-state index contributed by atoms with van der Waals surface area (Å²) in [6, 6.07) is 38.4. The second-order valence-corrected chi connectivity index (χ2v) is 5.97. The molecule has 29 heavy (non-hydrogen) atoms. The second kappa shape index (κ2) is 12.0. The minimum absolute atomic E-state index is 0. The number of ketones is 2. The first-order chi connectivity index (χ1) is 13.8. The third-order valence-electron chi connectivity index (χ3n) is 4.03. The molecule has 0 bridgehead atoms. The fourth-order valence-corrected chi connectivity index (χ4v) is 2.59. The quantitative estimate of drug-likeness (QED) is 0.306. The zero-order valence-electron chi connectivity index (χ0n) is 15.8. The van der Waals surface area contributed by atoms with Gasteiger partial charge < -0.3 is 0 Å². The van der Waals surface area contributed by atoms with E-state index in [0.717, 1.165) is 11.1 Å². The van der Waals surface area contributed by atoms with Gasteiger partial charge in [0.1, 0.15) is 0 Å². The van der Waals surface area contributed by atoms with Gasteiger partial charge in [-0.3, -0.25) is 9.59 Å². The van der Waals surface area contributed by atoms with Crippen molar-refractivity contribution in [3.05, 3.63) is 144 Å². The maximum atomic E-state index is 11.8. The summed E-state index contributed by atoms with van der Waals surface area (Å²) in [7, 11) is 0. The van der Waals surface area contributed by atoms with Gasteiger partial charge in [0.2, 0.25) is 0 Å². The standard InChI is InChI=1S/2C13H9O.Y/c2*14-13(11-7-3-1-4-8-11)12-9-5-2-6-10-12;/h2*1,3-10H;/q2*-1;. The van der Waals surface area contributed by atoms with Gasteiger partial charge in [0.05, 0.1) is 0 Å². The second-order valence-electron chi connectivity index (χ2n) is 5.97. The van der Waals surface area contributed by atoms with Gasteiger partial charge in [-0.05, 0) is 0 Å². The summed E-state index contributed by atoms with van der Waals surface area (Å²) >= 11 is 0. The molecule has 0 aromatic heterocycles. The molecule has 0 fully saturated rings. The SMILES string of the molecule is O=C(c1cc[c-]cc1)c1ccccc1.O=C(c1cc[c-]cc1)c1ccccc1.[Y]. The fourth-order valence-electron chi connectivity index (χ4n) is 2.59. The van der Waals surface area contributed by atoms with E-state index in [1.54, 1.807) is 48.5 Å². The van der Waals surface area contributed by atoms with Crippen LogP contribution in [0.25, 0.3) is 0 Å². The molecule has 3 heteroatoms. The van der Waals surface area contributed by atoms with Crippen LogP contribution in [-0.4, -0.2) is 11.6 Å². The molecule has 4 aromatic rings. The molecule has 0 aliphatic carbocycles. The number of carbonyl (C=O) groups is 2. The smallest absolute Gasteiger partial charge is 0.169 e. The van der Waals surface area contributed by atoms with Gasteiger partial charge >= 0.3 is 0 Å². The minimum atomic E-state index is 0. The Labute approximate surface area is 196 Å². The summed E-state index contributed by atoms with van der Waals surface area (Å²) in [5.41, 5.74) is 2.85. The van der Waals surface area contributed by atoms with Crippen LogP contribution in [0.15, 0.2) is 109 Å². The molecule has 2 nitrogen and oxygen atoms in total. The molecule has 0 saturated carbocycles. The number of benzene rings is 4. The van der Waals surface area contributed by atoms with Gasteiger partial charge in [0.25, 0.3) is 0 Å². The van der Waals surface area contributed by atoms with Crippen molar-refractivity contribution < 1.29 is 42.3 Å². The van der Waals surface area contributed by atoms with Crippen molar-refractivity contribution in [1.82, 2.24) is 0 Å². The number of hydrogen-bond donors (Lipinski definition) is 0. The Kier molecular flexibility index (Phi) is 9.36. The Bertz CT molecular complexity index is 845. The van der Waals surface area contributed by atoms with Crippen LogP contribution >= 0.6 is 0 Å². The molecule has 0 saturated heterocycles. The van der Waals surface area contributed by atoms with Crippen molar-refractivity contribution in [3.8, 4) is 0 Å². The molecule has 0 N–H and O–H groups in total. The molecule has 4 rings (SSSR count). The van der Waals surface area contributed by atoms with Crippen molar-refractivity contribution in [3.63, 3.8) is 0 Å². The molecule has 4 aromatic carbocycles. The van der Waals surface area contributed by atoms with E-state index in [9.17, 15) is 9.59 Å². The van der Waals surface area contributed by atoms with Crippen LogP contribution in [0, 0.1) is 12.1 Å². The van der Waals surface area contributed by atoms with E-state index in [1.807, 2.05) is 60.7 Å². The molecule has 0 amide bonds. The fraction of sp³-hybridized carbons (Fsp3) is 0. The molecule has 0 aliphatic rings. The maximum Gasteiger partial charge on any atom is 0.169 e. The normalized spacial score (nSPS) is 9.38. The van der Waals surface area contributed by atoms with Gasteiger partial charge in [0.15, 0.2) is 11.6 Å². The van der Waals surface area contributed by atoms with Gasteiger partial charge in [-0.2, -0.15) is 60.7 Å². The first kappa shape index (κ1) is 22.6. The van der Waals surface area contributed by atoms with E-state index in [-0.39, 0.29) is 44.3 Å². The van der Waals surface area contributed by atoms with E-state index in [2.05, 4.69) is 12.1 Å². The Morgan fingerprint density at radius 2 is 0.724 bits per heavy atom. The average Bonchev–Trinajstić information content (AvgIpc) is 2.81. The van der Waals surface area contributed by atoms with Crippen molar-refractivity contribution in [2.24, 2.45) is 0 Å². The van der Waals surface area contributed by atoms with Crippen LogP contribution in [0.3, 0.4) is 0 Å². The van der Waals surface area contributed by atoms with Crippen LogP contribution in [0.1, 0.15) is 31.8 Å². The van der Waals surface area contributed by atoms with Crippen molar-refractivity contribution in [2.45, 2.75) is 0 Å². The topological polar surface area (TPSA) is 34.1 Å². The zero-order valence-corrected chi connectivity index (χ0v) is 18.6. The van der Waals surface area contributed by atoms with Crippen LogP contribution in [0.4, 0.5) is 0 Å². The van der Waals surface area contributed by atoms with E-state index in [4.69, 9.17) is 0 Å². The molecule has 0 heterocycles. The Morgan fingerprint density at radius 1 is 0.448 bits per heavy atom. The Hall–Kier alpha value is -2.68. The maximum absolute atomic E-state index is 11.8.